The second kappa shape index (κ2) is 8.13. The van der Waals surface area contributed by atoms with Crippen LogP contribution in [0.2, 0.25) is 0 Å². The molecule has 0 saturated carbocycles. The lowest BCUT2D eigenvalue weighted by atomic mass is 10.2. The number of aryl methyl sites for hydroxylation is 1. The van der Waals surface area contributed by atoms with Crippen molar-refractivity contribution in [3.8, 4) is 11.8 Å². The predicted octanol–water partition coefficient (Wildman–Crippen LogP) is 3.62. The maximum atomic E-state index is 12.3. The molecule has 2 aromatic rings. The summed E-state index contributed by atoms with van der Waals surface area (Å²) in [6, 6.07) is 10.8. The third kappa shape index (κ3) is 4.57. The number of anilines is 2. The van der Waals surface area contributed by atoms with Crippen LogP contribution >= 0.6 is 15.9 Å². The molecule has 2 rings (SSSR count). The molecule has 0 aliphatic rings. The Kier molecular flexibility index (Phi) is 5.93. The summed E-state index contributed by atoms with van der Waals surface area (Å²) < 4.78 is 6.04. The van der Waals surface area contributed by atoms with Crippen LogP contribution < -0.4 is 15.4 Å². The Morgan fingerprint density at radius 1 is 1.38 bits per heavy atom. The molecular formula is C17H15BrN4O2. The molecular weight excluding hydrogens is 372 g/mol. The third-order valence-electron chi connectivity index (χ3n) is 3.05. The molecule has 0 saturated heterocycles. The molecule has 1 heterocycles. The first-order valence-corrected chi connectivity index (χ1v) is 7.77. The Balaban J connectivity index is 2.16. The number of rotatable bonds is 5. The van der Waals surface area contributed by atoms with E-state index >= 15 is 0 Å². The molecule has 1 aromatic heterocycles. The van der Waals surface area contributed by atoms with Crippen LogP contribution in [0, 0.1) is 18.3 Å². The quantitative estimate of drug-likeness (QED) is 0.605. The average Bonchev–Trinajstić information content (AvgIpc) is 2.55. The third-order valence-corrected chi connectivity index (χ3v) is 3.55. The lowest BCUT2D eigenvalue weighted by Gasteiger charge is -2.10. The van der Waals surface area contributed by atoms with Gasteiger partial charge < -0.3 is 15.4 Å². The van der Waals surface area contributed by atoms with Gasteiger partial charge in [0.25, 0.3) is 5.91 Å². The molecule has 0 spiro atoms. The van der Waals surface area contributed by atoms with Gasteiger partial charge in [-0.1, -0.05) is 22.0 Å². The minimum Gasteiger partial charge on any atom is -0.495 e. The lowest BCUT2D eigenvalue weighted by molar-refractivity contribution is -0.112. The maximum absolute atomic E-state index is 12.3. The molecule has 7 heteroatoms. The number of hydrogen-bond donors (Lipinski definition) is 2. The zero-order valence-corrected chi connectivity index (χ0v) is 14.7. The Labute approximate surface area is 148 Å². The van der Waals surface area contributed by atoms with Gasteiger partial charge in [0, 0.05) is 16.9 Å². The summed E-state index contributed by atoms with van der Waals surface area (Å²) >= 11 is 3.32. The van der Waals surface area contributed by atoms with E-state index in [0.717, 1.165) is 10.0 Å². The first-order chi connectivity index (χ1) is 11.5. The molecule has 0 radical (unpaired) electrons. The van der Waals surface area contributed by atoms with Gasteiger partial charge in [0.1, 0.15) is 23.2 Å². The van der Waals surface area contributed by atoms with Crippen molar-refractivity contribution in [3.05, 3.63) is 58.3 Å². The van der Waals surface area contributed by atoms with Crippen LogP contribution in [0.15, 0.2) is 52.8 Å². The van der Waals surface area contributed by atoms with Crippen LogP contribution in [0.3, 0.4) is 0 Å². The van der Waals surface area contributed by atoms with Crippen LogP contribution in [-0.4, -0.2) is 18.0 Å². The van der Waals surface area contributed by atoms with E-state index < -0.39 is 5.91 Å². The number of benzene rings is 1. The Hall–Kier alpha value is -2.85. The SMILES string of the molecule is COc1ccc(C)cc1NC(=O)/C(C#N)=C\Nc1cc(Br)ccn1. The summed E-state index contributed by atoms with van der Waals surface area (Å²) in [6.45, 7) is 1.90. The van der Waals surface area contributed by atoms with Gasteiger partial charge in [0.2, 0.25) is 0 Å². The lowest BCUT2D eigenvalue weighted by Crippen LogP contribution is -2.15. The molecule has 0 bridgehead atoms. The van der Waals surface area contributed by atoms with E-state index in [1.807, 2.05) is 19.1 Å². The number of nitrogens with zero attached hydrogens (tertiary/aromatic N) is 2. The van der Waals surface area contributed by atoms with Crippen LogP contribution in [0.1, 0.15) is 5.56 Å². The Bertz CT molecular complexity index is 828. The standard InChI is InChI=1S/C17H15BrN4O2/c1-11-3-4-15(24-2)14(7-11)22-17(23)12(9-19)10-21-16-8-13(18)5-6-20-16/h3-8,10H,1-2H3,(H,20,21)(H,22,23)/b12-10-. The van der Waals surface area contributed by atoms with Gasteiger partial charge in [-0.05, 0) is 36.8 Å². The maximum Gasteiger partial charge on any atom is 0.267 e. The fourth-order valence-corrected chi connectivity index (χ4v) is 2.22. The van der Waals surface area contributed by atoms with E-state index in [1.165, 1.54) is 13.3 Å². The van der Waals surface area contributed by atoms with Crippen molar-refractivity contribution in [1.29, 1.82) is 5.26 Å². The molecule has 0 aliphatic carbocycles. The number of carbonyl (C=O) groups excluding carboxylic acids is 1. The molecule has 1 aromatic carbocycles. The van der Waals surface area contributed by atoms with Gasteiger partial charge in [-0.15, -0.1) is 0 Å². The fourth-order valence-electron chi connectivity index (χ4n) is 1.89. The van der Waals surface area contributed by atoms with E-state index in [9.17, 15) is 10.1 Å². The first-order valence-electron chi connectivity index (χ1n) is 6.98. The summed E-state index contributed by atoms with van der Waals surface area (Å²) in [5, 5.41) is 14.7. The molecule has 0 unspecified atom stereocenters. The number of amides is 1. The first kappa shape index (κ1) is 17.5. The van der Waals surface area contributed by atoms with Gasteiger partial charge in [-0.25, -0.2) is 4.98 Å². The number of pyridine rings is 1. The summed E-state index contributed by atoms with van der Waals surface area (Å²) in [5.74, 6) is 0.495. The summed E-state index contributed by atoms with van der Waals surface area (Å²) in [7, 11) is 1.52. The number of hydrogen-bond acceptors (Lipinski definition) is 5. The highest BCUT2D eigenvalue weighted by molar-refractivity contribution is 9.10. The zero-order valence-electron chi connectivity index (χ0n) is 13.1. The van der Waals surface area contributed by atoms with Crippen LogP contribution in [0.5, 0.6) is 5.75 Å². The molecule has 1 amide bonds. The number of aromatic nitrogens is 1. The van der Waals surface area contributed by atoms with Crippen molar-refractivity contribution in [2.24, 2.45) is 0 Å². The predicted molar refractivity (Wildman–Crippen MR) is 95.6 cm³/mol. The molecule has 122 valence electrons. The van der Waals surface area contributed by atoms with Gasteiger partial charge in [0.05, 0.1) is 12.8 Å². The molecule has 0 fully saturated rings. The van der Waals surface area contributed by atoms with Crippen molar-refractivity contribution in [1.82, 2.24) is 4.98 Å². The topological polar surface area (TPSA) is 87.0 Å². The van der Waals surface area contributed by atoms with Crippen molar-refractivity contribution in [2.75, 3.05) is 17.7 Å². The summed E-state index contributed by atoms with van der Waals surface area (Å²) in [5.41, 5.74) is 1.38. The summed E-state index contributed by atoms with van der Waals surface area (Å²) in [6.07, 6.45) is 2.91. The van der Waals surface area contributed by atoms with Gasteiger partial charge >= 0.3 is 0 Å². The highest BCUT2D eigenvalue weighted by Gasteiger charge is 2.12. The average molecular weight is 387 g/mol. The second-order valence-electron chi connectivity index (χ2n) is 4.83. The number of methoxy groups -OCH3 is 1. The molecule has 0 aliphatic heterocycles. The van der Waals surface area contributed by atoms with Gasteiger partial charge in [-0.3, -0.25) is 4.79 Å². The minimum atomic E-state index is -0.538. The fraction of sp³-hybridized carbons (Fsp3) is 0.118. The van der Waals surface area contributed by atoms with Crippen LogP contribution in [0.25, 0.3) is 0 Å². The smallest absolute Gasteiger partial charge is 0.267 e. The largest absolute Gasteiger partial charge is 0.495 e. The van der Waals surface area contributed by atoms with Crippen LogP contribution in [-0.2, 0) is 4.79 Å². The highest BCUT2D eigenvalue weighted by atomic mass is 79.9. The number of carbonyl (C=O) groups is 1. The molecule has 24 heavy (non-hydrogen) atoms. The van der Waals surface area contributed by atoms with E-state index in [0.29, 0.717) is 17.3 Å². The zero-order chi connectivity index (χ0) is 17.5. The van der Waals surface area contributed by atoms with Crippen LogP contribution in [0.4, 0.5) is 11.5 Å². The second-order valence-corrected chi connectivity index (χ2v) is 5.75. The van der Waals surface area contributed by atoms with E-state index in [-0.39, 0.29) is 5.57 Å². The molecule has 6 nitrogen and oxygen atoms in total. The number of ether oxygens (including phenoxy) is 1. The van der Waals surface area contributed by atoms with E-state index in [1.54, 1.807) is 30.5 Å². The van der Waals surface area contributed by atoms with Crippen molar-refractivity contribution in [2.45, 2.75) is 6.92 Å². The molecule has 2 N–H and O–H groups in total. The van der Waals surface area contributed by atoms with Crippen molar-refractivity contribution >= 4 is 33.3 Å². The Morgan fingerprint density at radius 2 is 2.17 bits per heavy atom. The number of halogens is 1. The van der Waals surface area contributed by atoms with E-state index in [4.69, 9.17) is 4.74 Å². The Morgan fingerprint density at radius 3 is 2.83 bits per heavy atom. The van der Waals surface area contributed by atoms with Gasteiger partial charge in [-0.2, -0.15) is 5.26 Å². The highest BCUT2D eigenvalue weighted by Crippen LogP contribution is 2.25. The number of nitrogens with one attached hydrogen (secondary N) is 2. The normalized spacial score (nSPS) is 10.7. The van der Waals surface area contributed by atoms with E-state index in [2.05, 4.69) is 31.5 Å². The van der Waals surface area contributed by atoms with Crippen molar-refractivity contribution < 1.29 is 9.53 Å². The monoisotopic (exact) mass is 386 g/mol. The van der Waals surface area contributed by atoms with Gasteiger partial charge in [0.15, 0.2) is 0 Å². The van der Waals surface area contributed by atoms with Crippen molar-refractivity contribution in [3.63, 3.8) is 0 Å². The molecule has 0 atom stereocenters. The minimum absolute atomic E-state index is 0.0830. The number of nitriles is 1. The summed E-state index contributed by atoms with van der Waals surface area (Å²) in [4.78, 5) is 16.4.